The van der Waals surface area contributed by atoms with Crippen molar-refractivity contribution >= 4 is 29.2 Å². The van der Waals surface area contributed by atoms with Crippen molar-refractivity contribution < 1.29 is 51.6 Å². The number of anilines is 2. The van der Waals surface area contributed by atoms with Crippen molar-refractivity contribution in [2.24, 2.45) is 11.7 Å². The Morgan fingerprint density at radius 3 is 2.08 bits per heavy atom. The van der Waals surface area contributed by atoms with Crippen LogP contribution in [0.4, 0.5) is 24.7 Å². The zero-order chi connectivity index (χ0) is 43.3. The highest BCUT2D eigenvalue weighted by Crippen LogP contribution is 2.26. The maximum atomic E-state index is 12.9. The molecule has 0 spiro atoms. The highest BCUT2D eigenvalue weighted by molar-refractivity contribution is 5.95. The largest absolute Gasteiger partial charge is 0.573 e. The number of hydrogen-bond acceptors (Lipinski definition) is 12. The molecule has 0 radical (unpaired) electrons. The summed E-state index contributed by atoms with van der Waals surface area (Å²) in [5, 5.41) is 21.7. The molecule has 0 aliphatic heterocycles. The number of hydrogen-bond donors (Lipinski definition) is 6. The first kappa shape index (κ1) is 47.0. The Labute approximate surface area is 346 Å². The number of ether oxygens (including phenoxy) is 4. The number of aliphatic hydroxyl groups is 1. The zero-order valence-electron chi connectivity index (χ0n) is 33.5. The number of nitrogens with two attached hydrogens (primary N) is 1. The van der Waals surface area contributed by atoms with Crippen LogP contribution in [-0.2, 0) is 30.2 Å². The highest BCUT2D eigenvalue weighted by Gasteiger charge is 2.31. The predicted octanol–water partition coefficient (Wildman–Crippen LogP) is 4.14. The van der Waals surface area contributed by atoms with Crippen LogP contribution in [0.1, 0.15) is 36.2 Å². The van der Waals surface area contributed by atoms with E-state index >= 15 is 0 Å². The zero-order valence-corrected chi connectivity index (χ0v) is 33.5. The standard InChI is InChI=1S/C42H52F3N7O8/c1-28(2)23-36(52-41(56)38(53)34(46)24-29-7-4-3-5-8-29)40(55)48-16-18-58-20-22-59-21-19-57-17-15-47-39(54)31-10-6-9-30(25-31)35-26-37(50-27-49-35)51-32-11-13-33(14-12-32)60-42(43,44)45/h3-14,25-28,34,36,38,53H,15-24,46H2,1-2H3,(H,47,54)(H,48,55)(H,52,56)(H,49,50,51). The van der Waals surface area contributed by atoms with Gasteiger partial charge in [-0.1, -0.05) is 56.3 Å². The van der Waals surface area contributed by atoms with Gasteiger partial charge in [-0.05, 0) is 60.7 Å². The van der Waals surface area contributed by atoms with Gasteiger partial charge in [0.25, 0.3) is 11.8 Å². The lowest BCUT2D eigenvalue weighted by atomic mass is 10.00. The Balaban J connectivity index is 1.05. The predicted molar refractivity (Wildman–Crippen MR) is 217 cm³/mol. The van der Waals surface area contributed by atoms with Crippen LogP contribution < -0.4 is 31.7 Å². The number of amides is 3. The summed E-state index contributed by atoms with van der Waals surface area (Å²) < 4.78 is 57.8. The summed E-state index contributed by atoms with van der Waals surface area (Å²) in [5.41, 5.74) is 9.03. The third kappa shape index (κ3) is 17.3. The third-order valence-corrected chi connectivity index (χ3v) is 8.60. The van der Waals surface area contributed by atoms with Gasteiger partial charge in [0.05, 0.1) is 45.3 Å². The van der Waals surface area contributed by atoms with Gasteiger partial charge in [0.2, 0.25) is 5.91 Å². The van der Waals surface area contributed by atoms with Crippen LogP contribution in [0.15, 0.2) is 91.3 Å². The van der Waals surface area contributed by atoms with Crippen molar-refractivity contribution in [3.8, 4) is 17.0 Å². The minimum absolute atomic E-state index is 0.103. The number of carbonyl (C=O) groups is 3. The van der Waals surface area contributed by atoms with Gasteiger partial charge in [-0.3, -0.25) is 14.4 Å². The van der Waals surface area contributed by atoms with Crippen LogP contribution in [0.25, 0.3) is 11.3 Å². The van der Waals surface area contributed by atoms with Gasteiger partial charge in [-0.15, -0.1) is 13.2 Å². The lowest BCUT2D eigenvalue weighted by Crippen LogP contribution is -2.54. The number of aromatic nitrogens is 2. The fourth-order valence-corrected chi connectivity index (χ4v) is 5.69. The van der Waals surface area contributed by atoms with E-state index in [4.69, 9.17) is 19.9 Å². The van der Waals surface area contributed by atoms with Crippen molar-refractivity contribution in [3.05, 3.63) is 102 Å². The molecule has 3 atom stereocenters. The fraction of sp³-hybridized carbons (Fsp3) is 0.405. The molecule has 3 aromatic carbocycles. The van der Waals surface area contributed by atoms with Gasteiger partial charge in [0.1, 0.15) is 30.0 Å². The number of nitrogens with one attached hydrogen (secondary N) is 4. The summed E-state index contributed by atoms with van der Waals surface area (Å²) >= 11 is 0. The van der Waals surface area contributed by atoms with E-state index < -0.39 is 30.5 Å². The normalized spacial score (nSPS) is 12.9. The molecule has 7 N–H and O–H groups in total. The second kappa shape index (κ2) is 24.4. The van der Waals surface area contributed by atoms with E-state index in [1.54, 1.807) is 30.3 Å². The maximum Gasteiger partial charge on any atom is 0.573 e. The maximum absolute atomic E-state index is 12.9. The summed E-state index contributed by atoms with van der Waals surface area (Å²) in [6.45, 7) is 6.00. The Hall–Kier alpha value is -5.66. The first-order valence-electron chi connectivity index (χ1n) is 19.4. The molecule has 4 rings (SSSR count). The smallest absolute Gasteiger partial charge is 0.406 e. The lowest BCUT2D eigenvalue weighted by Gasteiger charge is -2.24. The second-order valence-corrected chi connectivity index (χ2v) is 13.9. The van der Waals surface area contributed by atoms with Crippen LogP contribution in [0.3, 0.4) is 0 Å². The average Bonchev–Trinajstić information content (AvgIpc) is 3.22. The van der Waals surface area contributed by atoms with Crippen LogP contribution in [0.2, 0.25) is 0 Å². The Morgan fingerprint density at radius 2 is 1.43 bits per heavy atom. The minimum atomic E-state index is -4.78. The molecule has 324 valence electrons. The van der Waals surface area contributed by atoms with Crippen LogP contribution >= 0.6 is 0 Å². The Morgan fingerprint density at radius 1 is 0.783 bits per heavy atom. The Bertz CT molecular complexity index is 1920. The molecular formula is C42H52F3N7O8. The summed E-state index contributed by atoms with van der Waals surface area (Å²) in [6, 6.07) is 21.3. The minimum Gasteiger partial charge on any atom is -0.406 e. The highest BCUT2D eigenvalue weighted by atomic mass is 19.4. The SMILES string of the molecule is CC(C)CC(NC(=O)C(O)C(N)Cc1ccccc1)C(=O)NCCOCCOCCOCCNC(=O)c1cccc(-c2cc(Nc3ccc(OC(F)(F)F)cc3)ncn2)c1. The molecule has 0 saturated heterocycles. The van der Waals surface area contributed by atoms with Crippen molar-refractivity contribution in [1.29, 1.82) is 0 Å². The molecule has 0 saturated carbocycles. The molecule has 0 fully saturated rings. The van der Waals surface area contributed by atoms with Crippen LogP contribution in [-0.4, -0.2) is 110 Å². The monoisotopic (exact) mass is 839 g/mol. The van der Waals surface area contributed by atoms with Crippen LogP contribution in [0, 0.1) is 5.92 Å². The third-order valence-electron chi connectivity index (χ3n) is 8.60. The van der Waals surface area contributed by atoms with Crippen molar-refractivity contribution in [2.45, 2.75) is 51.2 Å². The first-order valence-corrected chi connectivity index (χ1v) is 19.4. The van der Waals surface area contributed by atoms with E-state index in [0.717, 1.165) is 5.56 Å². The van der Waals surface area contributed by atoms with Gasteiger partial charge >= 0.3 is 6.36 Å². The van der Waals surface area contributed by atoms with Crippen molar-refractivity contribution in [1.82, 2.24) is 25.9 Å². The van der Waals surface area contributed by atoms with E-state index in [1.807, 2.05) is 44.2 Å². The number of aliphatic hydroxyl groups excluding tert-OH is 1. The summed E-state index contributed by atoms with van der Waals surface area (Å²) in [5.74, 6) is -1.24. The second-order valence-electron chi connectivity index (χ2n) is 13.9. The number of halogens is 3. The fourth-order valence-electron chi connectivity index (χ4n) is 5.69. The molecule has 1 aromatic heterocycles. The van der Waals surface area contributed by atoms with E-state index in [0.29, 0.717) is 61.0 Å². The van der Waals surface area contributed by atoms with Gasteiger partial charge in [0.15, 0.2) is 0 Å². The average molecular weight is 840 g/mol. The molecular weight excluding hydrogens is 787 g/mol. The van der Waals surface area contributed by atoms with Gasteiger partial charge in [-0.2, -0.15) is 0 Å². The van der Waals surface area contributed by atoms with Crippen molar-refractivity contribution in [2.75, 3.05) is 58.0 Å². The molecule has 3 unspecified atom stereocenters. The number of alkyl halides is 3. The number of rotatable bonds is 25. The summed E-state index contributed by atoms with van der Waals surface area (Å²) in [4.78, 5) is 46.8. The van der Waals surface area contributed by atoms with E-state index in [1.165, 1.54) is 30.6 Å². The van der Waals surface area contributed by atoms with Gasteiger partial charge < -0.3 is 51.1 Å². The molecule has 0 aliphatic carbocycles. The van der Waals surface area contributed by atoms with Crippen LogP contribution in [0.5, 0.6) is 5.75 Å². The van der Waals surface area contributed by atoms with Gasteiger partial charge in [0, 0.05) is 42.0 Å². The lowest BCUT2D eigenvalue weighted by molar-refractivity contribution is -0.274. The molecule has 1 heterocycles. The van der Waals surface area contributed by atoms with Gasteiger partial charge in [-0.25, -0.2) is 9.97 Å². The summed E-state index contributed by atoms with van der Waals surface area (Å²) in [7, 11) is 0. The molecule has 0 bridgehead atoms. The molecule has 15 nitrogen and oxygen atoms in total. The topological polar surface area (TPSA) is 208 Å². The van der Waals surface area contributed by atoms with E-state index in [2.05, 4.69) is 36.0 Å². The number of carbonyl (C=O) groups excluding carboxylic acids is 3. The molecule has 4 aromatic rings. The quantitative estimate of drug-likeness (QED) is 0.0521. The summed E-state index contributed by atoms with van der Waals surface area (Å²) in [6.07, 6.45) is -4.25. The van der Waals surface area contributed by atoms with E-state index in [-0.39, 0.29) is 56.4 Å². The first-order chi connectivity index (χ1) is 28.8. The molecule has 3 amide bonds. The molecule has 0 aliphatic rings. The molecule has 60 heavy (non-hydrogen) atoms. The van der Waals surface area contributed by atoms with Crippen molar-refractivity contribution in [3.63, 3.8) is 0 Å². The number of benzene rings is 3. The van der Waals surface area contributed by atoms with E-state index in [9.17, 15) is 32.7 Å². The Kier molecular flexibility index (Phi) is 19.1. The molecule has 18 heteroatoms. The number of nitrogens with zero attached hydrogens (tertiary/aromatic N) is 2.